The summed E-state index contributed by atoms with van der Waals surface area (Å²) in [5.41, 5.74) is -0.0359. The summed E-state index contributed by atoms with van der Waals surface area (Å²) in [6.07, 6.45) is 9.70. The second-order valence-corrected chi connectivity index (χ2v) is 5.77. The molecule has 1 aliphatic carbocycles. The van der Waals surface area contributed by atoms with Gasteiger partial charge in [0.1, 0.15) is 18.0 Å². The van der Waals surface area contributed by atoms with E-state index in [4.69, 9.17) is 9.68 Å². The lowest BCUT2D eigenvalue weighted by atomic mass is 9.91. The van der Waals surface area contributed by atoms with Crippen molar-refractivity contribution in [3.05, 3.63) is 42.3 Å². The minimum absolute atomic E-state index is 0.129. The quantitative estimate of drug-likeness (QED) is 0.873. The zero-order chi connectivity index (χ0) is 15.3. The van der Waals surface area contributed by atoms with Crippen molar-refractivity contribution in [2.75, 3.05) is 0 Å². The smallest absolute Gasteiger partial charge is 0.193 e. The van der Waals surface area contributed by atoms with E-state index in [1.807, 2.05) is 12.2 Å². The third-order valence-electron chi connectivity index (χ3n) is 3.42. The zero-order valence-electron chi connectivity index (χ0n) is 12.3. The number of aromatic nitrogens is 1. The summed E-state index contributed by atoms with van der Waals surface area (Å²) in [6, 6.07) is 2.14. The average molecular weight is 289 g/mol. The van der Waals surface area contributed by atoms with E-state index in [9.17, 15) is 4.39 Å². The molecule has 2 atom stereocenters. The molecule has 0 aliphatic heterocycles. The van der Waals surface area contributed by atoms with E-state index in [1.54, 1.807) is 32.4 Å². The van der Waals surface area contributed by atoms with Crippen LogP contribution in [0.3, 0.4) is 0 Å². The summed E-state index contributed by atoms with van der Waals surface area (Å²) in [6.45, 7) is 3.52. The minimum Gasteiger partial charge on any atom is -0.449 e. The third-order valence-corrected chi connectivity index (χ3v) is 3.42. The Morgan fingerprint density at radius 3 is 2.95 bits per heavy atom. The van der Waals surface area contributed by atoms with Crippen molar-refractivity contribution in [3.63, 3.8) is 0 Å². The largest absolute Gasteiger partial charge is 0.449 e. The fourth-order valence-electron chi connectivity index (χ4n) is 2.28. The van der Waals surface area contributed by atoms with Gasteiger partial charge in [-0.25, -0.2) is 9.37 Å². The predicted molar refractivity (Wildman–Crippen MR) is 77.9 cm³/mol. The maximum absolute atomic E-state index is 14.2. The van der Waals surface area contributed by atoms with E-state index >= 15 is 0 Å². The van der Waals surface area contributed by atoms with Gasteiger partial charge in [-0.15, -0.1) is 0 Å². The van der Waals surface area contributed by atoms with Crippen LogP contribution in [0.5, 0.6) is 0 Å². The zero-order valence-corrected chi connectivity index (χ0v) is 12.3. The van der Waals surface area contributed by atoms with E-state index in [2.05, 4.69) is 16.4 Å². The number of nitrogens with one attached hydrogen (secondary N) is 1. The molecule has 0 saturated carbocycles. The van der Waals surface area contributed by atoms with Crippen LogP contribution in [0.25, 0.3) is 0 Å². The summed E-state index contributed by atoms with van der Waals surface area (Å²) >= 11 is 0. The van der Waals surface area contributed by atoms with Crippen molar-refractivity contribution in [1.29, 1.82) is 5.26 Å². The highest BCUT2D eigenvalue weighted by molar-refractivity contribution is 5.28. The fourth-order valence-corrected chi connectivity index (χ4v) is 2.28. The molecule has 0 fully saturated rings. The van der Waals surface area contributed by atoms with Gasteiger partial charge in [-0.05, 0) is 38.8 Å². The Morgan fingerprint density at radius 1 is 1.52 bits per heavy atom. The van der Waals surface area contributed by atoms with E-state index < -0.39 is 11.7 Å². The number of hydrogen-bond donors (Lipinski definition) is 1. The molecule has 21 heavy (non-hydrogen) atoms. The highest BCUT2D eigenvalue weighted by Gasteiger charge is 2.23. The van der Waals surface area contributed by atoms with Crippen LogP contribution in [0.15, 0.2) is 40.8 Å². The Morgan fingerprint density at radius 2 is 2.33 bits per heavy atom. The van der Waals surface area contributed by atoms with Gasteiger partial charge in [-0.3, -0.25) is 0 Å². The van der Waals surface area contributed by atoms with Gasteiger partial charge in [0, 0.05) is 18.0 Å². The van der Waals surface area contributed by atoms with Crippen molar-refractivity contribution in [1.82, 2.24) is 10.3 Å². The lowest BCUT2D eigenvalue weighted by molar-refractivity contribution is 0.296. The number of oxazole rings is 1. The maximum Gasteiger partial charge on any atom is 0.193 e. The van der Waals surface area contributed by atoms with Crippen molar-refractivity contribution in [2.24, 2.45) is 5.92 Å². The summed E-state index contributed by atoms with van der Waals surface area (Å²) in [5, 5.41) is 12.0. The van der Waals surface area contributed by atoms with Gasteiger partial charge in [0.05, 0.1) is 12.3 Å². The van der Waals surface area contributed by atoms with Gasteiger partial charge < -0.3 is 9.73 Å². The Balaban J connectivity index is 1.82. The molecule has 4 nitrogen and oxygen atoms in total. The molecular weight excluding hydrogens is 269 g/mol. The van der Waals surface area contributed by atoms with Crippen molar-refractivity contribution < 1.29 is 8.81 Å². The summed E-state index contributed by atoms with van der Waals surface area (Å²) < 4.78 is 19.3. The monoisotopic (exact) mass is 289 g/mol. The number of rotatable bonds is 6. The second-order valence-electron chi connectivity index (χ2n) is 5.77. The molecule has 0 bridgehead atoms. The van der Waals surface area contributed by atoms with Gasteiger partial charge in [0.15, 0.2) is 5.89 Å². The average Bonchev–Trinajstić information content (AvgIpc) is 2.94. The van der Waals surface area contributed by atoms with Gasteiger partial charge in [-0.2, -0.15) is 5.26 Å². The number of hydrogen-bond acceptors (Lipinski definition) is 4. The fraction of sp³-hybridized carbons (Fsp3) is 0.500. The Hall–Kier alpha value is -2.09. The van der Waals surface area contributed by atoms with E-state index in [0.29, 0.717) is 11.6 Å². The summed E-state index contributed by atoms with van der Waals surface area (Å²) in [4.78, 5) is 4.05. The summed E-state index contributed by atoms with van der Waals surface area (Å²) in [7, 11) is 0. The normalized spacial score (nSPS) is 21.7. The molecule has 112 valence electrons. The molecule has 0 saturated heterocycles. The Bertz CT molecular complexity index is 555. The van der Waals surface area contributed by atoms with Crippen LogP contribution in [0, 0.1) is 17.2 Å². The van der Waals surface area contributed by atoms with E-state index in [1.165, 1.54) is 0 Å². The Labute approximate surface area is 124 Å². The first-order valence-corrected chi connectivity index (χ1v) is 7.12. The van der Waals surface area contributed by atoms with Crippen LogP contribution in [-0.2, 0) is 6.42 Å². The van der Waals surface area contributed by atoms with E-state index in [-0.39, 0.29) is 5.92 Å². The number of halogens is 1. The number of allylic oxidation sites excluding steroid dienone is 3. The lowest BCUT2D eigenvalue weighted by Gasteiger charge is -2.25. The first-order valence-electron chi connectivity index (χ1n) is 7.12. The SMILES string of the molecule is CC(C)(C#N)NC1=CC(F)C(CCCc2ncco2)C=C1. The molecular formula is C16H20FN3O. The highest BCUT2D eigenvalue weighted by Crippen LogP contribution is 2.24. The van der Waals surface area contributed by atoms with Gasteiger partial charge in [0.25, 0.3) is 0 Å². The summed E-state index contributed by atoms with van der Waals surface area (Å²) in [5.74, 6) is 0.564. The third kappa shape index (κ3) is 4.45. The maximum atomic E-state index is 14.2. The first kappa shape index (κ1) is 15.3. The van der Waals surface area contributed by atoms with Crippen molar-refractivity contribution in [2.45, 2.75) is 44.8 Å². The predicted octanol–water partition coefficient (Wildman–Crippen LogP) is 3.30. The van der Waals surface area contributed by atoms with E-state index in [0.717, 1.165) is 19.3 Å². The highest BCUT2D eigenvalue weighted by atomic mass is 19.1. The molecule has 0 aromatic carbocycles. The molecule has 1 aromatic heterocycles. The molecule has 1 heterocycles. The number of nitriles is 1. The van der Waals surface area contributed by atoms with Crippen LogP contribution in [0.4, 0.5) is 4.39 Å². The van der Waals surface area contributed by atoms with Crippen molar-refractivity contribution >= 4 is 0 Å². The molecule has 1 aromatic rings. The molecule has 5 heteroatoms. The molecule has 1 N–H and O–H groups in total. The second kappa shape index (κ2) is 6.57. The molecule has 0 amide bonds. The van der Waals surface area contributed by atoms with Crippen molar-refractivity contribution in [3.8, 4) is 6.07 Å². The molecule has 0 spiro atoms. The van der Waals surface area contributed by atoms with Crippen LogP contribution >= 0.6 is 0 Å². The Kier molecular flexibility index (Phi) is 4.79. The standard InChI is InChI=1S/C16H20FN3O/c1-16(2,11-18)20-13-7-6-12(14(17)10-13)4-3-5-15-19-8-9-21-15/h6-10,12,14,20H,3-5H2,1-2H3. The van der Waals surface area contributed by atoms with Gasteiger partial charge >= 0.3 is 0 Å². The van der Waals surface area contributed by atoms with Crippen LogP contribution < -0.4 is 5.32 Å². The number of nitrogens with zero attached hydrogens (tertiary/aromatic N) is 2. The minimum atomic E-state index is -1.03. The molecule has 1 aliphatic rings. The van der Waals surface area contributed by atoms with Crippen LogP contribution in [0.2, 0.25) is 0 Å². The number of alkyl halides is 1. The van der Waals surface area contributed by atoms with Gasteiger partial charge in [0.2, 0.25) is 0 Å². The molecule has 0 radical (unpaired) electrons. The topological polar surface area (TPSA) is 61.9 Å². The molecule has 2 rings (SSSR count). The molecule has 2 unspecified atom stereocenters. The van der Waals surface area contributed by atoms with Gasteiger partial charge in [-0.1, -0.05) is 6.08 Å². The lowest BCUT2D eigenvalue weighted by Crippen LogP contribution is -2.37. The van der Waals surface area contributed by atoms with Crippen LogP contribution in [0.1, 0.15) is 32.6 Å². The first-order chi connectivity index (χ1) is 10.00. The van der Waals surface area contributed by atoms with Crippen LogP contribution in [-0.4, -0.2) is 16.7 Å². The number of aryl methyl sites for hydroxylation is 1.